The lowest BCUT2D eigenvalue weighted by atomic mass is 10.1. The summed E-state index contributed by atoms with van der Waals surface area (Å²) < 4.78 is 47.2. The van der Waals surface area contributed by atoms with Crippen LogP contribution in [0, 0.1) is 5.82 Å². The molecule has 1 aliphatic rings. The fourth-order valence-electron chi connectivity index (χ4n) is 3.63. The standard InChI is InChI=1S/C20H20FN3O4S/c1-28-16-3-5-17(6-4-16)29(26,27)23-10-8-15(9-11-23)24-13-22-19-7-2-14(21)12-18(19)20(24)25/h2-7,12-13,15H,8-11H2,1H3. The van der Waals surface area contributed by atoms with Gasteiger partial charge in [-0.1, -0.05) is 0 Å². The third kappa shape index (κ3) is 3.63. The third-order valence-electron chi connectivity index (χ3n) is 5.26. The quantitative estimate of drug-likeness (QED) is 0.652. The molecule has 0 bridgehead atoms. The number of aromatic nitrogens is 2. The second kappa shape index (κ2) is 7.57. The zero-order valence-electron chi connectivity index (χ0n) is 15.8. The van der Waals surface area contributed by atoms with Crippen LogP contribution in [-0.2, 0) is 10.0 Å². The summed E-state index contributed by atoms with van der Waals surface area (Å²) in [4.78, 5) is 17.2. The van der Waals surface area contributed by atoms with Crippen molar-refractivity contribution in [2.24, 2.45) is 0 Å². The summed E-state index contributed by atoms with van der Waals surface area (Å²) in [7, 11) is -2.10. The van der Waals surface area contributed by atoms with E-state index in [1.807, 2.05) is 0 Å². The summed E-state index contributed by atoms with van der Waals surface area (Å²) in [6.07, 6.45) is 2.40. The minimum atomic E-state index is -3.62. The second-order valence-electron chi connectivity index (χ2n) is 6.93. The van der Waals surface area contributed by atoms with Crippen molar-refractivity contribution in [1.29, 1.82) is 0 Å². The van der Waals surface area contributed by atoms with E-state index in [1.165, 1.54) is 52.6 Å². The molecule has 7 nitrogen and oxygen atoms in total. The van der Waals surface area contributed by atoms with Crippen molar-refractivity contribution in [1.82, 2.24) is 13.9 Å². The molecule has 2 aromatic carbocycles. The molecule has 0 amide bonds. The summed E-state index contributed by atoms with van der Waals surface area (Å²) >= 11 is 0. The number of hydrogen-bond donors (Lipinski definition) is 0. The Morgan fingerprint density at radius 3 is 2.45 bits per heavy atom. The van der Waals surface area contributed by atoms with Crippen LogP contribution in [0.2, 0.25) is 0 Å². The van der Waals surface area contributed by atoms with E-state index in [-0.39, 0.29) is 35.0 Å². The molecule has 4 rings (SSSR count). The Kier molecular flexibility index (Phi) is 5.10. The van der Waals surface area contributed by atoms with Gasteiger partial charge in [-0.05, 0) is 55.3 Å². The van der Waals surface area contributed by atoms with E-state index in [9.17, 15) is 17.6 Å². The molecular formula is C20H20FN3O4S. The summed E-state index contributed by atoms with van der Waals surface area (Å²) in [5.41, 5.74) is 0.123. The minimum absolute atomic E-state index is 0.190. The maximum absolute atomic E-state index is 13.5. The van der Waals surface area contributed by atoms with Crippen molar-refractivity contribution in [2.45, 2.75) is 23.8 Å². The van der Waals surface area contributed by atoms with Crippen LogP contribution in [0.25, 0.3) is 10.9 Å². The van der Waals surface area contributed by atoms with E-state index in [1.54, 1.807) is 12.1 Å². The Bertz CT molecular complexity index is 1200. The first-order chi connectivity index (χ1) is 13.9. The lowest BCUT2D eigenvalue weighted by molar-refractivity contribution is 0.269. The smallest absolute Gasteiger partial charge is 0.261 e. The maximum Gasteiger partial charge on any atom is 0.261 e. The van der Waals surface area contributed by atoms with Crippen molar-refractivity contribution in [2.75, 3.05) is 20.2 Å². The van der Waals surface area contributed by atoms with Crippen LogP contribution in [0.5, 0.6) is 5.75 Å². The van der Waals surface area contributed by atoms with Crippen LogP contribution in [0.3, 0.4) is 0 Å². The topological polar surface area (TPSA) is 81.5 Å². The fraction of sp³-hybridized carbons (Fsp3) is 0.300. The number of halogens is 1. The van der Waals surface area contributed by atoms with Gasteiger partial charge in [0.1, 0.15) is 11.6 Å². The first kappa shape index (κ1) is 19.5. The molecule has 1 aliphatic heterocycles. The number of rotatable bonds is 4. The molecule has 0 radical (unpaired) electrons. The normalized spacial score (nSPS) is 16.2. The number of methoxy groups -OCH3 is 1. The van der Waals surface area contributed by atoms with Crippen molar-refractivity contribution in [3.63, 3.8) is 0 Å². The monoisotopic (exact) mass is 417 g/mol. The van der Waals surface area contributed by atoms with Gasteiger partial charge in [-0.3, -0.25) is 9.36 Å². The van der Waals surface area contributed by atoms with E-state index in [0.29, 0.717) is 24.1 Å². The van der Waals surface area contributed by atoms with Gasteiger partial charge < -0.3 is 4.74 Å². The molecule has 3 aromatic rings. The number of benzene rings is 2. The van der Waals surface area contributed by atoms with E-state index >= 15 is 0 Å². The first-order valence-electron chi connectivity index (χ1n) is 9.21. The zero-order chi connectivity index (χ0) is 20.6. The molecule has 1 aromatic heterocycles. The van der Waals surface area contributed by atoms with Gasteiger partial charge in [0.05, 0.1) is 29.2 Å². The molecule has 2 heterocycles. The first-order valence-corrected chi connectivity index (χ1v) is 10.6. The van der Waals surface area contributed by atoms with Crippen LogP contribution in [0.15, 0.2) is 58.5 Å². The second-order valence-corrected chi connectivity index (χ2v) is 8.87. The highest BCUT2D eigenvalue weighted by Crippen LogP contribution is 2.27. The Morgan fingerprint density at radius 2 is 1.79 bits per heavy atom. The van der Waals surface area contributed by atoms with Gasteiger partial charge in [0.25, 0.3) is 5.56 Å². The Hall–Kier alpha value is -2.78. The van der Waals surface area contributed by atoms with Gasteiger partial charge in [-0.25, -0.2) is 17.8 Å². The zero-order valence-corrected chi connectivity index (χ0v) is 16.6. The summed E-state index contributed by atoms with van der Waals surface area (Å²) in [6, 6.07) is 9.99. The van der Waals surface area contributed by atoms with Crippen molar-refractivity contribution in [3.05, 3.63) is 65.0 Å². The molecule has 0 N–H and O–H groups in total. The molecule has 152 valence electrons. The number of nitrogens with zero attached hydrogens (tertiary/aromatic N) is 3. The Morgan fingerprint density at radius 1 is 1.10 bits per heavy atom. The predicted molar refractivity (Wildman–Crippen MR) is 106 cm³/mol. The lowest BCUT2D eigenvalue weighted by Crippen LogP contribution is -2.40. The maximum atomic E-state index is 13.5. The Balaban J connectivity index is 1.54. The largest absolute Gasteiger partial charge is 0.497 e. The highest BCUT2D eigenvalue weighted by Gasteiger charge is 2.30. The number of fused-ring (bicyclic) bond motifs is 1. The van der Waals surface area contributed by atoms with Crippen LogP contribution in [0.1, 0.15) is 18.9 Å². The number of sulfonamides is 1. The Labute approximate surface area is 167 Å². The summed E-state index contributed by atoms with van der Waals surface area (Å²) in [6.45, 7) is 0.569. The molecule has 0 spiro atoms. The van der Waals surface area contributed by atoms with Crippen LogP contribution in [-0.4, -0.2) is 42.5 Å². The average Bonchev–Trinajstić information content (AvgIpc) is 2.74. The highest BCUT2D eigenvalue weighted by atomic mass is 32.2. The predicted octanol–water partition coefficient (Wildman–Crippen LogP) is 2.57. The van der Waals surface area contributed by atoms with Crippen molar-refractivity contribution < 1.29 is 17.5 Å². The van der Waals surface area contributed by atoms with Crippen LogP contribution < -0.4 is 10.3 Å². The van der Waals surface area contributed by atoms with Gasteiger partial charge in [-0.2, -0.15) is 4.31 Å². The third-order valence-corrected chi connectivity index (χ3v) is 7.17. The number of hydrogen-bond acceptors (Lipinski definition) is 5. The van der Waals surface area contributed by atoms with Crippen molar-refractivity contribution in [3.8, 4) is 5.75 Å². The van der Waals surface area contributed by atoms with Gasteiger partial charge in [-0.15, -0.1) is 0 Å². The van der Waals surface area contributed by atoms with Gasteiger partial charge in [0.15, 0.2) is 0 Å². The van der Waals surface area contributed by atoms with E-state index in [0.717, 1.165) is 0 Å². The number of piperidine rings is 1. The van der Waals surface area contributed by atoms with E-state index in [2.05, 4.69) is 4.98 Å². The van der Waals surface area contributed by atoms with Gasteiger partial charge in [0, 0.05) is 19.1 Å². The van der Waals surface area contributed by atoms with Crippen LogP contribution >= 0.6 is 0 Å². The number of ether oxygens (including phenoxy) is 1. The molecule has 0 saturated carbocycles. The van der Waals surface area contributed by atoms with E-state index in [4.69, 9.17) is 4.74 Å². The fourth-order valence-corrected chi connectivity index (χ4v) is 5.10. The SMILES string of the molecule is COc1ccc(S(=O)(=O)N2CCC(n3cnc4ccc(F)cc4c3=O)CC2)cc1. The molecule has 29 heavy (non-hydrogen) atoms. The molecule has 0 aliphatic carbocycles. The van der Waals surface area contributed by atoms with Crippen molar-refractivity contribution >= 4 is 20.9 Å². The van der Waals surface area contributed by atoms with E-state index < -0.39 is 15.8 Å². The lowest BCUT2D eigenvalue weighted by Gasteiger charge is -2.32. The molecule has 9 heteroatoms. The molecule has 1 saturated heterocycles. The molecular weight excluding hydrogens is 397 g/mol. The highest BCUT2D eigenvalue weighted by molar-refractivity contribution is 7.89. The van der Waals surface area contributed by atoms with Gasteiger partial charge in [0.2, 0.25) is 10.0 Å². The van der Waals surface area contributed by atoms with Crippen LogP contribution in [0.4, 0.5) is 4.39 Å². The summed E-state index contributed by atoms with van der Waals surface area (Å²) in [5.74, 6) is 0.0943. The molecule has 1 fully saturated rings. The molecule has 0 unspecified atom stereocenters. The molecule has 0 atom stereocenters. The average molecular weight is 417 g/mol. The minimum Gasteiger partial charge on any atom is -0.497 e. The van der Waals surface area contributed by atoms with Gasteiger partial charge >= 0.3 is 0 Å². The summed E-state index contributed by atoms with van der Waals surface area (Å²) in [5, 5.41) is 0.223.